The van der Waals surface area contributed by atoms with Gasteiger partial charge in [-0.1, -0.05) is 13.0 Å². The van der Waals surface area contributed by atoms with Crippen molar-refractivity contribution in [3.8, 4) is 11.5 Å². The molecule has 0 aromatic heterocycles. The van der Waals surface area contributed by atoms with Gasteiger partial charge in [-0.2, -0.15) is 0 Å². The smallest absolute Gasteiger partial charge is 0.224 e. The second-order valence-corrected chi connectivity index (χ2v) is 7.16. The van der Waals surface area contributed by atoms with Gasteiger partial charge in [0.2, 0.25) is 5.91 Å². The van der Waals surface area contributed by atoms with E-state index in [-0.39, 0.29) is 12.0 Å². The Morgan fingerprint density at radius 3 is 2.50 bits per heavy atom. The molecule has 5 heteroatoms. The number of ether oxygens (including phenoxy) is 2. The van der Waals surface area contributed by atoms with E-state index in [1.165, 1.54) is 5.56 Å². The first-order valence-electron chi connectivity index (χ1n) is 8.95. The number of hydrogen-bond acceptors (Lipinski definition) is 3. The van der Waals surface area contributed by atoms with Gasteiger partial charge < -0.3 is 14.8 Å². The van der Waals surface area contributed by atoms with E-state index in [1.807, 2.05) is 44.2 Å². The standard InChI is InChI=1S/C21H26BrNO3/c1-4-16-7-12-20(19(22)14-16)25-13-5-6-21(24)23-17-8-10-18(11-9-17)26-15(2)3/h7-12,14-15H,4-6,13H2,1-3H3,(H,23,24). The number of carbonyl (C=O) groups excluding carboxylic acids is 1. The maximum absolute atomic E-state index is 12.0. The van der Waals surface area contributed by atoms with Crippen molar-refractivity contribution in [3.05, 3.63) is 52.5 Å². The van der Waals surface area contributed by atoms with E-state index < -0.39 is 0 Å². The van der Waals surface area contributed by atoms with Crippen LogP contribution in [0.1, 0.15) is 39.2 Å². The van der Waals surface area contributed by atoms with Gasteiger partial charge in [-0.05, 0) is 84.6 Å². The minimum absolute atomic E-state index is 0.0217. The van der Waals surface area contributed by atoms with E-state index in [0.717, 1.165) is 28.1 Å². The van der Waals surface area contributed by atoms with Gasteiger partial charge in [0.05, 0.1) is 17.2 Å². The summed E-state index contributed by atoms with van der Waals surface area (Å²) in [5.41, 5.74) is 2.03. The van der Waals surface area contributed by atoms with Gasteiger partial charge >= 0.3 is 0 Å². The summed E-state index contributed by atoms with van der Waals surface area (Å²) in [7, 11) is 0. The van der Waals surface area contributed by atoms with E-state index in [1.54, 1.807) is 0 Å². The van der Waals surface area contributed by atoms with Crippen molar-refractivity contribution in [3.63, 3.8) is 0 Å². The van der Waals surface area contributed by atoms with Gasteiger partial charge in [0.25, 0.3) is 0 Å². The van der Waals surface area contributed by atoms with Gasteiger partial charge in [-0.25, -0.2) is 0 Å². The summed E-state index contributed by atoms with van der Waals surface area (Å²) >= 11 is 3.52. The molecule has 0 aliphatic heterocycles. The highest BCUT2D eigenvalue weighted by Gasteiger charge is 2.05. The number of benzene rings is 2. The van der Waals surface area contributed by atoms with Crippen LogP contribution in [0.5, 0.6) is 11.5 Å². The number of carbonyl (C=O) groups is 1. The van der Waals surface area contributed by atoms with Crippen LogP contribution in [0, 0.1) is 0 Å². The maximum atomic E-state index is 12.0. The molecule has 0 saturated heterocycles. The lowest BCUT2D eigenvalue weighted by atomic mass is 10.2. The number of amides is 1. The van der Waals surface area contributed by atoms with Crippen molar-refractivity contribution in [1.29, 1.82) is 0 Å². The number of halogens is 1. The fraction of sp³-hybridized carbons (Fsp3) is 0.381. The van der Waals surface area contributed by atoms with Crippen molar-refractivity contribution in [1.82, 2.24) is 0 Å². The van der Waals surface area contributed by atoms with Gasteiger partial charge in [0.1, 0.15) is 11.5 Å². The van der Waals surface area contributed by atoms with Crippen LogP contribution in [0.4, 0.5) is 5.69 Å². The molecule has 0 unspecified atom stereocenters. The second kappa shape index (κ2) is 10.2. The topological polar surface area (TPSA) is 47.6 Å². The van der Waals surface area contributed by atoms with Crippen LogP contribution in [0.15, 0.2) is 46.9 Å². The van der Waals surface area contributed by atoms with Crippen LogP contribution in [0.2, 0.25) is 0 Å². The molecule has 1 amide bonds. The largest absolute Gasteiger partial charge is 0.492 e. The van der Waals surface area contributed by atoms with E-state index in [2.05, 4.69) is 40.3 Å². The van der Waals surface area contributed by atoms with Crippen molar-refractivity contribution < 1.29 is 14.3 Å². The van der Waals surface area contributed by atoms with Gasteiger partial charge in [0.15, 0.2) is 0 Å². The molecule has 4 nitrogen and oxygen atoms in total. The summed E-state index contributed by atoms with van der Waals surface area (Å²) in [4.78, 5) is 12.0. The molecule has 0 saturated carbocycles. The number of aryl methyl sites for hydroxylation is 1. The maximum Gasteiger partial charge on any atom is 0.224 e. The summed E-state index contributed by atoms with van der Waals surface area (Å²) in [5, 5.41) is 2.89. The summed E-state index contributed by atoms with van der Waals surface area (Å²) in [6, 6.07) is 13.5. The molecular formula is C21H26BrNO3. The van der Waals surface area contributed by atoms with Crippen LogP contribution >= 0.6 is 15.9 Å². The zero-order valence-electron chi connectivity index (χ0n) is 15.5. The zero-order valence-corrected chi connectivity index (χ0v) is 17.1. The highest BCUT2D eigenvalue weighted by Crippen LogP contribution is 2.26. The predicted octanol–water partition coefficient (Wildman–Crippen LogP) is 5.60. The van der Waals surface area contributed by atoms with E-state index >= 15 is 0 Å². The fourth-order valence-corrected chi connectivity index (χ4v) is 2.95. The van der Waals surface area contributed by atoms with Crippen LogP contribution in [0.25, 0.3) is 0 Å². The fourth-order valence-electron chi connectivity index (χ4n) is 2.41. The zero-order chi connectivity index (χ0) is 18.9. The van der Waals surface area contributed by atoms with E-state index in [4.69, 9.17) is 9.47 Å². The number of rotatable bonds is 9. The molecule has 0 fully saturated rings. The Balaban J connectivity index is 1.72. The molecule has 2 aromatic carbocycles. The van der Waals surface area contributed by atoms with Gasteiger partial charge in [-0.15, -0.1) is 0 Å². The van der Waals surface area contributed by atoms with Crippen LogP contribution in [-0.2, 0) is 11.2 Å². The molecule has 26 heavy (non-hydrogen) atoms. The molecule has 0 bridgehead atoms. The van der Waals surface area contributed by atoms with Crippen LogP contribution in [-0.4, -0.2) is 18.6 Å². The Morgan fingerprint density at radius 2 is 1.88 bits per heavy atom. The molecule has 0 aliphatic carbocycles. The van der Waals surface area contributed by atoms with Crippen molar-refractivity contribution in [2.24, 2.45) is 0 Å². The highest BCUT2D eigenvalue weighted by atomic mass is 79.9. The highest BCUT2D eigenvalue weighted by molar-refractivity contribution is 9.10. The third kappa shape index (κ3) is 6.71. The monoisotopic (exact) mass is 419 g/mol. The minimum atomic E-state index is -0.0217. The second-order valence-electron chi connectivity index (χ2n) is 6.31. The lowest BCUT2D eigenvalue weighted by Crippen LogP contribution is -2.13. The molecule has 0 atom stereocenters. The number of hydrogen-bond donors (Lipinski definition) is 1. The van der Waals surface area contributed by atoms with Gasteiger partial charge in [-0.3, -0.25) is 4.79 Å². The van der Waals surface area contributed by atoms with Crippen LogP contribution < -0.4 is 14.8 Å². The predicted molar refractivity (Wildman–Crippen MR) is 109 cm³/mol. The molecule has 1 N–H and O–H groups in total. The summed E-state index contributed by atoms with van der Waals surface area (Å²) in [6.45, 7) is 6.58. The first kappa shape index (κ1) is 20.3. The third-order valence-electron chi connectivity index (χ3n) is 3.72. The Kier molecular flexibility index (Phi) is 7.98. The van der Waals surface area contributed by atoms with Crippen LogP contribution in [0.3, 0.4) is 0 Å². The molecule has 0 radical (unpaired) electrons. The molecule has 2 rings (SSSR count). The number of anilines is 1. The quantitative estimate of drug-likeness (QED) is 0.538. The van der Waals surface area contributed by atoms with E-state index in [0.29, 0.717) is 19.4 Å². The molecule has 0 spiro atoms. The molecule has 0 aliphatic rings. The summed E-state index contributed by atoms with van der Waals surface area (Å²) in [5.74, 6) is 1.58. The Labute approximate surface area is 164 Å². The molecule has 2 aromatic rings. The summed E-state index contributed by atoms with van der Waals surface area (Å²) in [6.07, 6.45) is 2.19. The summed E-state index contributed by atoms with van der Waals surface area (Å²) < 4.78 is 12.3. The SMILES string of the molecule is CCc1ccc(OCCCC(=O)Nc2ccc(OC(C)C)cc2)c(Br)c1. The molecule has 0 heterocycles. The van der Waals surface area contributed by atoms with Crippen molar-refractivity contribution >= 4 is 27.5 Å². The number of nitrogens with one attached hydrogen (secondary N) is 1. The van der Waals surface area contributed by atoms with Crippen molar-refractivity contribution in [2.75, 3.05) is 11.9 Å². The average molecular weight is 420 g/mol. The van der Waals surface area contributed by atoms with Gasteiger partial charge in [0, 0.05) is 12.1 Å². The lowest BCUT2D eigenvalue weighted by molar-refractivity contribution is -0.116. The van der Waals surface area contributed by atoms with E-state index in [9.17, 15) is 4.79 Å². The minimum Gasteiger partial charge on any atom is -0.492 e. The Morgan fingerprint density at radius 1 is 1.15 bits per heavy atom. The normalized spacial score (nSPS) is 10.7. The molecular weight excluding hydrogens is 394 g/mol. The first-order valence-corrected chi connectivity index (χ1v) is 9.75. The molecule has 140 valence electrons. The lowest BCUT2D eigenvalue weighted by Gasteiger charge is -2.11. The Hall–Kier alpha value is -2.01. The first-order chi connectivity index (χ1) is 12.5. The third-order valence-corrected chi connectivity index (χ3v) is 4.34. The average Bonchev–Trinajstić information content (AvgIpc) is 2.61. The van der Waals surface area contributed by atoms with Crippen molar-refractivity contribution in [2.45, 2.75) is 46.1 Å². The Bertz CT molecular complexity index is 714.